The summed E-state index contributed by atoms with van der Waals surface area (Å²) in [6, 6.07) is 8.10. The molecule has 94 valence electrons. The Morgan fingerprint density at radius 2 is 2.17 bits per heavy atom. The molecule has 18 heavy (non-hydrogen) atoms. The number of para-hydroxylation sites is 1. The highest BCUT2D eigenvalue weighted by Crippen LogP contribution is 2.33. The number of amides is 1. The number of hydrogen-bond acceptors (Lipinski definition) is 2. The number of hydrogen-bond donors (Lipinski definition) is 2. The van der Waals surface area contributed by atoms with Crippen molar-refractivity contribution in [1.29, 1.82) is 0 Å². The van der Waals surface area contributed by atoms with E-state index in [1.165, 1.54) is 0 Å². The summed E-state index contributed by atoms with van der Waals surface area (Å²) in [7, 11) is 1.84. The molecule has 1 aromatic heterocycles. The van der Waals surface area contributed by atoms with Gasteiger partial charge in [0.15, 0.2) is 0 Å². The number of piperidine rings is 1. The number of H-pyrrole nitrogens is 1. The molecule has 1 amide bonds. The minimum atomic E-state index is -0.0256. The number of nitrogens with zero attached hydrogens (tertiary/aromatic N) is 1. The molecule has 0 saturated carbocycles. The van der Waals surface area contributed by atoms with Gasteiger partial charge in [0, 0.05) is 42.2 Å². The summed E-state index contributed by atoms with van der Waals surface area (Å²) < 4.78 is 0. The Labute approximate surface area is 106 Å². The first kappa shape index (κ1) is 11.3. The van der Waals surface area contributed by atoms with E-state index in [1.54, 1.807) is 4.90 Å². The van der Waals surface area contributed by atoms with Crippen LogP contribution in [-0.2, 0) is 4.79 Å². The second kappa shape index (κ2) is 4.14. The van der Waals surface area contributed by atoms with Crippen molar-refractivity contribution in [1.82, 2.24) is 9.88 Å². The molecule has 2 unspecified atom stereocenters. The molecule has 1 fully saturated rings. The lowest BCUT2D eigenvalue weighted by Gasteiger charge is -2.37. The van der Waals surface area contributed by atoms with Crippen LogP contribution in [-0.4, -0.2) is 28.9 Å². The van der Waals surface area contributed by atoms with Gasteiger partial charge in [-0.3, -0.25) is 4.79 Å². The summed E-state index contributed by atoms with van der Waals surface area (Å²) in [5, 5.41) is 1.15. The molecule has 1 aliphatic rings. The van der Waals surface area contributed by atoms with Gasteiger partial charge in [0.25, 0.3) is 0 Å². The van der Waals surface area contributed by atoms with Gasteiger partial charge in [-0.2, -0.15) is 0 Å². The summed E-state index contributed by atoms with van der Waals surface area (Å²) in [6.07, 6.45) is 3.29. The first-order valence-electron chi connectivity index (χ1n) is 6.25. The first-order chi connectivity index (χ1) is 8.68. The second-order valence-electron chi connectivity index (χ2n) is 4.94. The molecular formula is C14H17N3O. The van der Waals surface area contributed by atoms with E-state index in [1.807, 2.05) is 31.4 Å². The van der Waals surface area contributed by atoms with Crippen molar-refractivity contribution in [3.8, 4) is 0 Å². The Bertz CT molecular complexity index is 589. The molecule has 3 N–H and O–H groups in total. The summed E-state index contributed by atoms with van der Waals surface area (Å²) in [4.78, 5) is 16.9. The number of benzene rings is 1. The zero-order valence-corrected chi connectivity index (χ0v) is 10.4. The van der Waals surface area contributed by atoms with E-state index in [0.717, 1.165) is 22.9 Å². The number of nitrogens with one attached hydrogen (secondary N) is 1. The predicted molar refractivity (Wildman–Crippen MR) is 71.0 cm³/mol. The van der Waals surface area contributed by atoms with Crippen molar-refractivity contribution in [3.05, 3.63) is 36.0 Å². The molecule has 2 atom stereocenters. The quantitative estimate of drug-likeness (QED) is 0.802. The number of nitrogens with two attached hydrogens (primary N) is 1. The van der Waals surface area contributed by atoms with Crippen LogP contribution in [0.1, 0.15) is 24.4 Å². The van der Waals surface area contributed by atoms with Crippen molar-refractivity contribution in [2.24, 2.45) is 5.73 Å². The molecule has 1 aliphatic heterocycles. The lowest BCUT2D eigenvalue weighted by molar-refractivity contribution is -0.135. The summed E-state index contributed by atoms with van der Waals surface area (Å²) in [5.41, 5.74) is 8.41. The summed E-state index contributed by atoms with van der Waals surface area (Å²) in [6.45, 7) is 0. The van der Waals surface area contributed by atoms with E-state index in [9.17, 15) is 4.79 Å². The predicted octanol–water partition coefficient (Wildman–Crippen LogP) is 1.79. The molecule has 0 spiro atoms. The number of likely N-dealkylation sites (tertiary alicyclic amines) is 1. The third-order valence-corrected chi connectivity index (χ3v) is 3.85. The van der Waals surface area contributed by atoms with Crippen molar-refractivity contribution in [3.63, 3.8) is 0 Å². The number of fused-ring (bicyclic) bond motifs is 1. The van der Waals surface area contributed by atoms with Gasteiger partial charge in [-0.1, -0.05) is 18.2 Å². The molecule has 0 radical (unpaired) electrons. The normalized spacial score (nSPS) is 24.8. The number of likely N-dealkylation sites (N-methyl/N-ethyl adjacent to an activating group) is 1. The Morgan fingerprint density at radius 3 is 3.00 bits per heavy atom. The van der Waals surface area contributed by atoms with Crippen molar-refractivity contribution < 1.29 is 4.79 Å². The highest BCUT2D eigenvalue weighted by atomic mass is 16.2. The molecule has 4 heteroatoms. The number of carbonyl (C=O) groups excluding carboxylic acids is 1. The van der Waals surface area contributed by atoms with Gasteiger partial charge in [0.2, 0.25) is 5.91 Å². The molecule has 4 nitrogen and oxygen atoms in total. The summed E-state index contributed by atoms with van der Waals surface area (Å²) in [5.74, 6) is 0.173. The van der Waals surface area contributed by atoms with Crippen LogP contribution in [0, 0.1) is 0 Å². The Kier molecular flexibility index (Phi) is 2.59. The van der Waals surface area contributed by atoms with Gasteiger partial charge in [0.1, 0.15) is 0 Å². The van der Waals surface area contributed by atoms with Gasteiger partial charge in [-0.05, 0) is 12.5 Å². The van der Waals surface area contributed by atoms with Crippen molar-refractivity contribution >= 4 is 16.8 Å². The molecule has 3 rings (SSSR count). The Balaban J connectivity index is 2.09. The first-order valence-corrected chi connectivity index (χ1v) is 6.25. The van der Waals surface area contributed by atoms with Gasteiger partial charge < -0.3 is 15.6 Å². The molecule has 1 aromatic carbocycles. The minimum Gasteiger partial charge on any atom is -0.361 e. The fourth-order valence-corrected chi connectivity index (χ4v) is 2.84. The fourth-order valence-electron chi connectivity index (χ4n) is 2.84. The number of rotatable bonds is 1. The smallest absolute Gasteiger partial charge is 0.222 e. The maximum Gasteiger partial charge on any atom is 0.222 e. The Morgan fingerprint density at radius 1 is 1.39 bits per heavy atom. The summed E-state index contributed by atoms with van der Waals surface area (Å²) >= 11 is 0. The molecule has 0 aliphatic carbocycles. The molecular weight excluding hydrogens is 226 g/mol. The topological polar surface area (TPSA) is 62.1 Å². The second-order valence-corrected chi connectivity index (χ2v) is 4.94. The minimum absolute atomic E-state index is 0.00639. The lowest BCUT2D eigenvalue weighted by atomic mass is 9.91. The van der Waals surface area contributed by atoms with E-state index in [4.69, 9.17) is 5.73 Å². The van der Waals surface area contributed by atoms with Crippen molar-refractivity contribution in [2.75, 3.05) is 7.05 Å². The third kappa shape index (κ3) is 1.61. The van der Waals surface area contributed by atoms with E-state index in [0.29, 0.717) is 6.42 Å². The van der Waals surface area contributed by atoms with E-state index in [-0.39, 0.29) is 18.0 Å². The number of aromatic nitrogens is 1. The van der Waals surface area contributed by atoms with E-state index in [2.05, 4.69) is 11.1 Å². The molecule has 2 heterocycles. The fraction of sp³-hybridized carbons (Fsp3) is 0.357. The van der Waals surface area contributed by atoms with Gasteiger partial charge in [-0.25, -0.2) is 0 Å². The van der Waals surface area contributed by atoms with E-state index >= 15 is 0 Å². The largest absolute Gasteiger partial charge is 0.361 e. The van der Waals surface area contributed by atoms with Gasteiger partial charge >= 0.3 is 0 Å². The van der Waals surface area contributed by atoms with E-state index < -0.39 is 0 Å². The van der Waals surface area contributed by atoms with Crippen LogP contribution in [0.5, 0.6) is 0 Å². The molecule has 1 saturated heterocycles. The van der Waals surface area contributed by atoms with Gasteiger partial charge in [0.05, 0.1) is 6.04 Å². The lowest BCUT2D eigenvalue weighted by Crippen LogP contribution is -2.46. The zero-order chi connectivity index (χ0) is 12.7. The standard InChI is InChI=1S/C14H17N3O/c1-17-13(18)7-6-11(15)14(17)10-8-16-12-5-3-2-4-9(10)12/h2-5,8,11,14,16H,6-7,15H2,1H3. The highest BCUT2D eigenvalue weighted by molar-refractivity contribution is 5.85. The number of carbonyl (C=O) groups is 1. The van der Waals surface area contributed by atoms with Crippen LogP contribution < -0.4 is 5.73 Å². The van der Waals surface area contributed by atoms with Crippen molar-refractivity contribution in [2.45, 2.75) is 24.9 Å². The van der Waals surface area contributed by atoms with Crippen LogP contribution in [0.4, 0.5) is 0 Å². The van der Waals surface area contributed by atoms with Crippen LogP contribution in [0.15, 0.2) is 30.5 Å². The average Bonchev–Trinajstić information content (AvgIpc) is 2.79. The molecule has 0 bridgehead atoms. The average molecular weight is 243 g/mol. The van der Waals surface area contributed by atoms with Crippen LogP contribution in [0.25, 0.3) is 10.9 Å². The molecule has 2 aromatic rings. The highest BCUT2D eigenvalue weighted by Gasteiger charge is 2.33. The maximum atomic E-state index is 11.8. The van der Waals surface area contributed by atoms with Crippen LogP contribution in [0.2, 0.25) is 0 Å². The number of aromatic amines is 1. The third-order valence-electron chi connectivity index (χ3n) is 3.85. The monoisotopic (exact) mass is 243 g/mol. The van der Waals surface area contributed by atoms with Gasteiger partial charge in [-0.15, -0.1) is 0 Å². The van der Waals surface area contributed by atoms with Crippen LogP contribution in [0.3, 0.4) is 0 Å². The van der Waals surface area contributed by atoms with Crippen LogP contribution >= 0.6 is 0 Å². The zero-order valence-electron chi connectivity index (χ0n) is 10.4. The Hall–Kier alpha value is -1.81. The SMILES string of the molecule is CN1C(=O)CCC(N)C1c1c[nH]c2ccccc12. The maximum absolute atomic E-state index is 11.8.